The third kappa shape index (κ3) is 1.92. The fourth-order valence-electron chi connectivity index (χ4n) is 2.68. The van der Waals surface area contributed by atoms with Crippen molar-refractivity contribution in [2.24, 2.45) is 17.8 Å². The molecule has 2 rings (SSSR count). The SMILES string of the molecule is COC(=O)[C@@H]1CCCC(C2CNC2)C1. The lowest BCUT2D eigenvalue weighted by Gasteiger charge is -2.38. The van der Waals surface area contributed by atoms with Crippen LogP contribution in [-0.4, -0.2) is 26.2 Å². The van der Waals surface area contributed by atoms with E-state index in [1.807, 2.05) is 0 Å². The van der Waals surface area contributed by atoms with Crippen molar-refractivity contribution < 1.29 is 9.53 Å². The Labute approximate surface area is 85.2 Å². The molecule has 2 atom stereocenters. The van der Waals surface area contributed by atoms with Crippen LogP contribution in [0.2, 0.25) is 0 Å². The first-order valence-electron chi connectivity index (χ1n) is 5.60. The number of carbonyl (C=O) groups is 1. The van der Waals surface area contributed by atoms with E-state index in [1.54, 1.807) is 0 Å². The van der Waals surface area contributed by atoms with Crippen LogP contribution >= 0.6 is 0 Å². The van der Waals surface area contributed by atoms with E-state index < -0.39 is 0 Å². The highest BCUT2D eigenvalue weighted by Crippen LogP contribution is 2.35. The molecule has 1 unspecified atom stereocenters. The molecule has 0 radical (unpaired) electrons. The number of carbonyl (C=O) groups excluding carboxylic acids is 1. The Bertz CT molecular complexity index is 213. The summed E-state index contributed by atoms with van der Waals surface area (Å²) in [5, 5.41) is 3.30. The van der Waals surface area contributed by atoms with Crippen LogP contribution in [-0.2, 0) is 9.53 Å². The smallest absolute Gasteiger partial charge is 0.308 e. The van der Waals surface area contributed by atoms with Gasteiger partial charge in [-0.3, -0.25) is 4.79 Å². The van der Waals surface area contributed by atoms with Crippen LogP contribution in [0, 0.1) is 17.8 Å². The molecule has 2 fully saturated rings. The molecule has 3 heteroatoms. The van der Waals surface area contributed by atoms with Crippen molar-refractivity contribution in [3.05, 3.63) is 0 Å². The molecule has 2 aliphatic rings. The summed E-state index contributed by atoms with van der Waals surface area (Å²) >= 11 is 0. The molecule has 0 aromatic heterocycles. The zero-order valence-corrected chi connectivity index (χ0v) is 8.79. The Kier molecular flexibility index (Phi) is 3.06. The van der Waals surface area contributed by atoms with Gasteiger partial charge in [-0.1, -0.05) is 12.8 Å². The fourth-order valence-corrected chi connectivity index (χ4v) is 2.68. The average Bonchev–Trinajstić information content (AvgIpc) is 2.14. The van der Waals surface area contributed by atoms with Crippen molar-refractivity contribution >= 4 is 5.97 Å². The molecule has 1 aliphatic heterocycles. The van der Waals surface area contributed by atoms with Crippen LogP contribution < -0.4 is 5.32 Å². The van der Waals surface area contributed by atoms with Gasteiger partial charge < -0.3 is 10.1 Å². The third-order valence-corrected chi connectivity index (χ3v) is 3.73. The molecule has 0 spiro atoms. The van der Waals surface area contributed by atoms with Gasteiger partial charge in [-0.25, -0.2) is 0 Å². The average molecular weight is 197 g/mol. The lowest BCUT2D eigenvalue weighted by molar-refractivity contribution is -0.147. The minimum atomic E-state index is 0.00184. The number of methoxy groups -OCH3 is 1. The molecule has 14 heavy (non-hydrogen) atoms. The molecule has 1 heterocycles. The highest BCUT2D eigenvalue weighted by atomic mass is 16.5. The molecular weight excluding hydrogens is 178 g/mol. The maximum atomic E-state index is 11.4. The molecule has 0 amide bonds. The van der Waals surface area contributed by atoms with Gasteiger partial charge in [0.05, 0.1) is 13.0 Å². The summed E-state index contributed by atoms with van der Waals surface area (Å²) in [5.41, 5.74) is 0. The summed E-state index contributed by atoms with van der Waals surface area (Å²) in [7, 11) is 1.50. The van der Waals surface area contributed by atoms with Gasteiger partial charge >= 0.3 is 5.97 Å². The fraction of sp³-hybridized carbons (Fsp3) is 0.909. The normalized spacial score (nSPS) is 33.5. The predicted molar refractivity (Wildman–Crippen MR) is 53.8 cm³/mol. The molecule has 3 nitrogen and oxygen atoms in total. The number of hydrogen-bond donors (Lipinski definition) is 1. The quantitative estimate of drug-likeness (QED) is 0.676. The van der Waals surface area contributed by atoms with Gasteiger partial charge in [-0.2, -0.15) is 0 Å². The predicted octanol–water partition coefficient (Wildman–Crippen LogP) is 1.19. The minimum absolute atomic E-state index is 0.00184. The van der Waals surface area contributed by atoms with E-state index in [9.17, 15) is 4.79 Å². The van der Waals surface area contributed by atoms with E-state index in [4.69, 9.17) is 4.74 Å². The first kappa shape index (κ1) is 9.97. The van der Waals surface area contributed by atoms with Crippen LogP contribution in [0.25, 0.3) is 0 Å². The molecule has 1 saturated carbocycles. The summed E-state index contributed by atoms with van der Waals surface area (Å²) in [6, 6.07) is 0. The van der Waals surface area contributed by atoms with Crippen LogP contribution in [0.4, 0.5) is 0 Å². The largest absolute Gasteiger partial charge is 0.469 e. The van der Waals surface area contributed by atoms with Crippen molar-refractivity contribution in [2.45, 2.75) is 25.7 Å². The number of ether oxygens (including phenoxy) is 1. The summed E-state index contributed by atoms with van der Waals surface area (Å²) in [4.78, 5) is 11.4. The summed E-state index contributed by atoms with van der Waals surface area (Å²) in [6.07, 6.45) is 4.59. The van der Waals surface area contributed by atoms with Gasteiger partial charge in [0.25, 0.3) is 0 Å². The van der Waals surface area contributed by atoms with Gasteiger partial charge in [0.15, 0.2) is 0 Å². The number of rotatable bonds is 2. The second-order valence-electron chi connectivity index (χ2n) is 4.57. The van der Waals surface area contributed by atoms with Crippen LogP contribution in [0.15, 0.2) is 0 Å². The Morgan fingerprint density at radius 1 is 1.29 bits per heavy atom. The number of esters is 1. The maximum Gasteiger partial charge on any atom is 0.308 e. The number of hydrogen-bond acceptors (Lipinski definition) is 3. The van der Waals surface area contributed by atoms with Crippen LogP contribution in [0.1, 0.15) is 25.7 Å². The van der Waals surface area contributed by atoms with E-state index in [1.165, 1.54) is 20.0 Å². The Morgan fingerprint density at radius 3 is 2.64 bits per heavy atom. The van der Waals surface area contributed by atoms with E-state index in [2.05, 4.69) is 5.32 Å². The molecule has 1 N–H and O–H groups in total. The highest BCUT2D eigenvalue weighted by Gasteiger charge is 2.34. The van der Waals surface area contributed by atoms with E-state index >= 15 is 0 Å². The maximum absolute atomic E-state index is 11.4. The molecule has 1 aliphatic carbocycles. The summed E-state index contributed by atoms with van der Waals surface area (Å²) in [5.74, 6) is 1.76. The van der Waals surface area contributed by atoms with Crippen LogP contribution in [0.3, 0.4) is 0 Å². The van der Waals surface area contributed by atoms with Gasteiger partial charge in [-0.05, 0) is 37.8 Å². The first-order chi connectivity index (χ1) is 6.81. The summed E-state index contributed by atoms with van der Waals surface area (Å²) in [6.45, 7) is 2.30. The van der Waals surface area contributed by atoms with Gasteiger partial charge in [0, 0.05) is 0 Å². The van der Waals surface area contributed by atoms with E-state index in [0.717, 1.165) is 37.8 Å². The van der Waals surface area contributed by atoms with Gasteiger partial charge in [0.1, 0.15) is 0 Å². The van der Waals surface area contributed by atoms with Crippen molar-refractivity contribution in [2.75, 3.05) is 20.2 Å². The lowest BCUT2D eigenvalue weighted by Crippen LogP contribution is -2.47. The Morgan fingerprint density at radius 2 is 2.07 bits per heavy atom. The van der Waals surface area contributed by atoms with Crippen molar-refractivity contribution in [1.82, 2.24) is 5.32 Å². The molecule has 80 valence electrons. The standard InChI is InChI=1S/C11H19NO2/c1-14-11(13)9-4-2-3-8(5-9)10-6-12-7-10/h8-10,12H,2-7H2,1H3/t8?,9-/m1/s1. The van der Waals surface area contributed by atoms with Gasteiger partial charge in [-0.15, -0.1) is 0 Å². The molecule has 0 bridgehead atoms. The summed E-state index contributed by atoms with van der Waals surface area (Å²) < 4.78 is 4.81. The molecular formula is C11H19NO2. The molecule has 0 aromatic carbocycles. The van der Waals surface area contributed by atoms with Crippen molar-refractivity contribution in [1.29, 1.82) is 0 Å². The topological polar surface area (TPSA) is 38.3 Å². The minimum Gasteiger partial charge on any atom is -0.469 e. The van der Waals surface area contributed by atoms with Gasteiger partial charge in [0.2, 0.25) is 0 Å². The highest BCUT2D eigenvalue weighted by molar-refractivity contribution is 5.72. The number of nitrogens with one attached hydrogen (secondary N) is 1. The zero-order valence-electron chi connectivity index (χ0n) is 8.79. The monoisotopic (exact) mass is 197 g/mol. The van der Waals surface area contributed by atoms with Crippen LogP contribution in [0.5, 0.6) is 0 Å². The Balaban J connectivity index is 1.86. The Hall–Kier alpha value is -0.570. The van der Waals surface area contributed by atoms with Crippen molar-refractivity contribution in [3.63, 3.8) is 0 Å². The molecule has 0 aromatic rings. The lowest BCUT2D eigenvalue weighted by atomic mass is 9.73. The van der Waals surface area contributed by atoms with E-state index in [0.29, 0.717) is 0 Å². The van der Waals surface area contributed by atoms with Crippen molar-refractivity contribution in [3.8, 4) is 0 Å². The third-order valence-electron chi connectivity index (χ3n) is 3.73. The van der Waals surface area contributed by atoms with E-state index in [-0.39, 0.29) is 11.9 Å². The first-order valence-corrected chi connectivity index (χ1v) is 5.60. The molecule has 1 saturated heterocycles. The second kappa shape index (κ2) is 4.30. The zero-order chi connectivity index (χ0) is 9.97. The second-order valence-corrected chi connectivity index (χ2v) is 4.57.